The SMILES string of the molecule is Cc1ccc(-n2nc3cc(C)c(NC(=O)c4cccs4)cc3n2)cc1. The van der Waals surface area contributed by atoms with Crippen LogP contribution >= 0.6 is 11.3 Å². The molecule has 0 aliphatic heterocycles. The van der Waals surface area contributed by atoms with Gasteiger partial charge in [0.2, 0.25) is 0 Å². The molecule has 0 aliphatic carbocycles. The van der Waals surface area contributed by atoms with E-state index in [2.05, 4.69) is 15.5 Å². The Morgan fingerprint density at radius 2 is 1.76 bits per heavy atom. The lowest BCUT2D eigenvalue weighted by Gasteiger charge is -2.06. The molecule has 2 heterocycles. The summed E-state index contributed by atoms with van der Waals surface area (Å²) in [4.78, 5) is 14.6. The second-order valence-corrected chi connectivity index (χ2v) is 6.86. The summed E-state index contributed by atoms with van der Waals surface area (Å²) in [6, 6.07) is 15.5. The average molecular weight is 348 g/mol. The first-order valence-corrected chi connectivity index (χ1v) is 8.78. The van der Waals surface area contributed by atoms with Crippen LogP contribution < -0.4 is 5.32 Å². The maximum absolute atomic E-state index is 12.3. The fraction of sp³-hybridized carbons (Fsp3) is 0.105. The second-order valence-electron chi connectivity index (χ2n) is 5.91. The minimum Gasteiger partial charge on any atom is -0.321 e. The van der Waals surface area contributed by atoms with Gasteiger partial charge in [0, 0.05) is 5.69 Å². The van der Waals surface area contributed by atoms with Crippen LogP contribution in [0, 0.1) is 13.8 Å². The zero-order chi connectivity index (χ0) is 17.4. The van der Waals surface area contributed by atoms with Crippen LogP contribution in [0.15, 0.2) is 53.9 Å². The third-order valence-corrected chi connectivity index (χ3v) is 4.85. The van der Waals surface area contributed by atoms with Gasteiger partial charge in [0.15, 0.2) is 0 Å². The summed E-state index contributed by atoms with van der Waals surface area (Å²) in [5.74, 6) is -0.108. The number of anilines is 1. The predicted molar refractivity (Wildman–Crippen MR) is 101 cm³/mol. The zero-order valence-electron chi connectivity index (χ0n) is 13.9. The Kier molecular flexibility index (Phi) is 3.82. The van der Waals surface area contributed by atoms with E-state index in [0.29, 0.717) is 4.88 Å². The number of rotatable bonds is 3. The van der Waals surface area contributed by atoms with E-state index in [1.807, 2.05) is 67.8 Å². The number of nitrogens with zero attached hydrogens (tertiary/aromatic N) is 3. The number of thiophene rings is 1. The minimum absolute atomic E-state index is 0.108. The summed E-state index contributed by atoms with van der Waals surface area (Å²) >= 11 is 1.42. The van der Waals surface area contributed by atoms with Crippen LogP contribution in [0.25, 0.3) is 16.7 Å². The molecule has 0 bridgehead atoms. The highest BCUT2D eigenvalue weighted by molar-refractivity contribution is 7.12. The van der Waals surface area contributed by atoms with Gasteiger partial charge in [-0.05, 0) is 55.1 Å². The first kappa shape index (κ1) is 15.5. The summed E-state index contributed by atoms with van der Waals surface area (Å²) in [5.41, 5.74) is 5.34. The van der Waals surface area contributed by atoms with Crippen molar-refractivity contribution in [1.29, 1.82) is 0 Å². The number of fused-ring (bicyclic) bond motifs is 1. The van der Waals surface area contributed by atoms with Crippen LogP contribution in [0.2, 0.25) is 0 Å². The Balaban J connectivity index is 1.69. The normalized spacial score (nSPS) is 11.0. The highest BCUT2D eigenvalue weighted by Crippen LogP contribution is 2.23. The van der Waals surface area contributed by atoms with Crippen molar-refractivity contribution in [3.05, 3.63) is 69.9 Å². The average Bonchev–Trinajstić information content (AvgIpc) is 3.25. The molecule has 25 heavy (non-hydrogen) atoms. The summed E-state index contributed by atoms with van der Waals surface area (Å²) in [5, 5.41) is 13.9. The Labute approximate surface area is 148 Å². The lowest BCUT2D eigenvalue weighted by atomic mass is 10.1. The van der Waals surface area contributed by atoms with Crippen molar-refractivity contribution in [1.82, 2.24) is 15.0 Å². The summed E-state index contributed by atoms with van der Waals surface area (Å²) < 4.78 is 0. The zero-order valence-corrected chi connectivity index (χ0v) is 14.7. The molecule has 2 aromatic heterocycles. The van der Waals surface area contributed by atoms with Gasteiger partial charge in [-0.1, -0.05) is 23.8 Å². The quantitative estimate of drug-likeness (QED) is 0.599. The van der Waals surface area contributed by atoms with Gasteiger partial charge in [0.1, 0.15) is 11.0 Å². The second kappa shape index (κ2) is 6.14. The van der Waals surface area contributed by atoms with Gasteiger partial charge >= 0.3 is 0 Å². The van der Waals surface area contributed by atoms with Crippen molar-refractivity contribution < 1.29 is 4.79 Å². The van der Waals surface area contributed by atoms with Crippen molar-refractivity contribution >= 4 is 34.0 Å². The van der Waals surface area contributed by atoms with Gasteiger partial charge in [-0.3, -0.25) is 4.79 Å². The largest absolute Gasteiger partial charge is 0.321 e. The molecule has 6 heteroatoms. The molecule has 0 unspecified atom stereocenters. The van der Waals surface area contributed by atoms with Crippen LogP contribution in [0.3, 0.4) is 0 Å². The van der Waals surface area contributed by atoms with Crippen LogP contribution in [0.4, 0.5) is 5.69 Å². The molecule has 0 radical (unpaired) electrons. The third-order valence-electron chi connectivity index (χ3n) is 3.98. The Hall–Kier alpha value is -2.99. The van der Waals surface area contributed by atoms with E-state index in [9.17, 15) is 4.79 Å². The summed E-state index contributed by atoms with van der Waals surface area (Å²) in [7, 11) is 0. The molecule has 2 aromatic carbocycles. The van der Waals surface area contributed by atoms with E-state index in [4.69, 9.17) is 0 Å². The summed E-state index contributed by atoms with van der Waals surface area (Å²) in [6.45, 7) is 4.00. The fourth-order valence-corrected chi connectivity index (χ4v) is 3.21. The van der Waals surface area contributed by atoms with Crippen molar-refractivity contribution in [2.75, 3.05) is 5.32 Å². The molecular formula is C19H16N4OS. The van der Waals surface area contributed by atoms with Crippen LogP contribution in [0.1, 0.15) is 20.8 Å². The van der Waals surface area contributed by atoms with Crippen molar-refractivity contribution in [3.8, 4) is 5.69 Å². The Morgan fingerprint density at radius 3 is 2.44 bits per heavy atom. The standard InChI is InChI=1S/C19H16N4OS/c1-12-5-7-14(8-6-12)23-21-16-10-13(2)15(11-17(16)22-23)20-19(24)18-4-3-9-25-18/h3-11H,1-2H3,(H,20,24). The van der Waals surface area contributed by atoms with Gasteiger partial charge in [-0.15, -0.1) is 21.5 Å². The maximum atomic E-state index is 12.3. The number of aromatic nitrogens is 3. The van der Waals surface area contributed by atoms with Crippen LogP contribution in [-0.2, 0) is 0 Å². The topological polar surface area (TPSA) is 59.8 Å². The summed E-state index contributed by atoms with van der Waals surface area (Å²) in [6.07, 6.45) is 0. The molecule has 4 aromatic rings. The molecule has 0 atom stereocenters. The molecule has 0 aliphatic rings. The lowest BCUT2D eigenvalue weighted by molar-refractivity contribution is 0.103. The molecular weight excluding hydrogens is 332 g/mol. The number of amides is 1. The number of hydrogen-bond acceptors (Lipinski definition) is 4. The smallest absolute Gasteiger partial charge is 0.265 e. The molecule has 1 amide bonds. The van der Waals surface area contributed by atoms with E-state index in [-0.39, 0.29) is 5.91 Å². The van der Waals surface area contributed by atoms with Crippen LogP contribution in [-0.4, -0.2) is 20.9 Å². The molecule has 4 rings (SSSR count). The van der Waals surface area contributed by atoms with Gasteiger partial charge in [-0.2, -0.15) is 4.80 Å². The number of aryl methyl sites for hydroxylation is 2. The van der Waals surface area contributed by atoms with Gasteiger partial charge in [0.05, 0.1) is 10.6 Å². The first-order chi connectivity index (χ1) is 12.1. The maximum Gasteiger partial charge on any atom is 0.265 e. The van der Waals surface area contributed by atoms with Crippen molar-refractivity contribution in [2.45, 2.75) is 13.8 Å². The molecule has 0 saturated carbocycles. The molecule has 0 fully saturated rings. The minimum atomic E-state index is -0.108. The molecule has 5 nitrogen and oxygen atoms in total. The first-order valence-electron chi connectivity index (χ1n) is 7.90. The van der Waals surface area contributed by atoms with Crippen molar-refractivity contribution in [2.24, 2.45) is 0 Å². The fourth-order valence-electron chi connectivity index (χ4n) is 2.59. The van der Waals surface area contributed by atoms with E-state index >= 15 is 0 Å². The van der Waals surface area contributed by atoms with Crippen molar-refractivity contribution in [3.63, 3.8) is 0 Å². The number of carbonyl (C=O) groups is 1. The molecule has 0 spiro atoms. The predicted octanol–water partition coefficient (Wildman–Crippen LogP) is 4.35. The number of benzene rings is 2. The lowest BCUT2D eigenvalue weighted by Crippen LogP contribution is -2.11. The molecule has 0 saturated heterocycles. The van der Waals surface area contributed by atoms with E-state index in [1.165, 1.54) is 16.9 Å². The monoisotopic (exact) mass is 348 g/mol. The third kappa shape index (κ3) is 3.04. The van der Waals surface area contributed by atoms with Crippen LogP contribution in [0.5, 0.6) is 0 Å². The molecule has 124 valence electrons. The van der Waals surface area contributed by atoms with E-state index < -0.39 is 0 Å². The number of hydrogen-bond donors (Lipinski definition) is 1. The van der Waals surface area contributed by atoms with Gasteiger partial charge in [-0.25, -0.2) is 0 Å². The highest BCUT2D eigenvalue weighted by Gasteiger charge is 2.12. The number of carbonyl (C=O) groups excluding carboxylic acids is 1. The Bertz CT molecular complexity index is 1050. The van der Waals surface area contributed by atoms with E-state index in [1.54, 1.807) is 4.80 Å². The Morgan fingerprint density at radius 1 is 1.04 bits per heavy atom. The van der Waals surface area contributed by atoms with E-state index in [0.717, 1.165) is 28.0 Å². The van der Waals surface area contributed by atoms with Gasteiger partial charge in [0.25, 0.3) is 5.91 Å². The highest BCUT2D eigenvalue weighted by atomic mass is 32.1. The molecule has 1 N–H and O–H groups in total. The number of nitrogens with one attached hydrogen (secondary N) is 1. The van der Waals surface area contributed by atoms with Gasteiger partial charge < -0.3 is 5.32 Å².